The SMILES string of the molecule is CCCCCC/C(=C\C(=O)N(CC)CC)Sc1ccc(C(F)(F)F)cc1. The molecule has 26 heavy (non-hydrogen) atoms. The van der Waals surface area contributed by atoms with Crippen molar-refractivity contribution in [1.82, 2.24) is 4.90 Å². The first-order valence-corrected chi connectivity index (χ1v) is 9.98. The molecule has 0 saturated carbocycles. The third-order valence-corrected chi connectivity index (χ3v) is 5.16. The first-order valence-electron chi connectivity index (χ1n) is 9.16. The van der Waals surface area contributed by atoms with Crippen molar-refractivity contribution in [3.8, 4) is 0 Å². The lowest BCUT2D eigenvalue weighted by molar-refractivity contribution is -0.137. The smallest absolute Gasteiger partial charge is 0.340 e. The molecular formula is C20H28F3NOS. The monoisotopic (exact) mass is 387 g/mol. The van der Waals surface area contributed by atoms with Gasteiger partial charge in [-0.2, -0.15) is 13.2 Å². The zero-order valence-corrected chi connectivity index (χ0v) is 16.6. The first-order chi connectivity index (χ1) is 12.3. The number of carbonyl (C=O) groups is 1. The van der Waals surface area contributed by atoms with Gasteiger partial charge in [0.15, 0.2) is 0 Å². The quantitative estimate of drug-likeness (QED) is 0.259. The number of benzene rings is 1. The Balaban J connectivity index is 2.88. The minimum absolute atomic E-state index is 0.0418. The predicted molar refractivity (Wildman–Crippen MR) is 102 cm³/mol. The number of halogens is 3. The Kier molecular flexibility index (Phi) is 9.84. The third kappa shape index (κ3) is 7.85. The van der Waals surface area contributed by atoms with Crippen molar-refractivity contribution in [3.63, 3.8) is 0 Å². The van der Waals surface area contributed by atoms with E-state index in [-0.39, 0.29) is 5.91 Å². The van der Waals surface area contributed by atoms with E-state index in [1.165, 1.54) is 23.9 Å². The van der Waals surface area contributed by atoms with Crippen LogP contribution in [-0.4, -0.2) is 23.9 Å². The van der Waals surface area contributed by atoms with E-state index in [0.717, 1.165) is 49.1 Å². The molecule has 0 aromatic heterocycles. The van der Waals surface area contributed by atoms with Crippen molar-refractivity contribution in [3.05, 3.63) is 40.8 Å². The van der Waals surface area contributed by atoms with Crippen LogP contribution in [0, 0.1) is 0 Å². The second-order valence-corrected chi connectivity index (χ2v) is 7.26. The largest absolute Gasteiger partial charge is 0.416 e. The Morgan fingerprint density at radius 3 is 2.15 bits per heavy atom. The van der Waals surface area contributed by atoms with E-state index in [2.05, 4.69) is 6.92 Å². The molecule has 0 radical (unpaired) electrons. The van der Waals surface area contributed by atoms with Gasteiger partial charge in [-0.1, -0.05) is 37.9 Å². The molecule has 6 heteroatoms. The predicted octanol–water partition coefficient (Wildman–Crippen LogP) is 6.52. The number of thioether (sulfide) groups is 1. The van der Waals surface area contributed by atoms with E-state index in [0.29, 0.717) is 18.0 Å². The summed E-state index contributed by atoms with van der Waals surface area (Å²) in [7, 11) is 0. The maximum absolute atomic E-state index is 12.7. The molecule has 0 heterocycles. The number of nitrogens with zero attached hydrogens (tertiary/aromatic N) is 1. The highest BCUT2D eigenvalue weighted by Crippen LogP contribution is 2.34. The lowest BCUT2D eigenvalue weighted by atomic mass is 10.1. The average molecular weight is 388 g/mol. The highest BCUT2D eigenvalue weighted by Gasteiger charge is 2.29. The molecule has 0 bridgehead atoms. The molecule has 0 spiro atoms. The summed E-state index contributed by atoms with van der Waals surface area (Å²) >= 11 is 1.38. The number of allylic oxidation sites excluding steroid dienone is 1. The summed E-state index contributed by atoms with van der Waals surface area (Å²) in [6.07, 6.45) is 2.39. The molecule has 1 aromatic rings. The highest BCUT2D eigenvalue weighted by molar-refractivity contribution is 8.03. The van der Waals surface area contributed by atoms with Gasteiger partial charge >= 0.3 is 6.18 Å². The van der Waals surface area contributed by atoms with Crippen LogP contribution in [0.2, 0.25) is 0 Å². The summed E-state index contributed by atoms with van der Waals surface area (Å²) in [5.74, 6) is -0.0418. The lowest BCUT2D eigenvalue weighted by Crippen LogP contribution is -2.28. The number of alkyl halides is 3. The standard InChI is InChI=1S/C20H28F3NOS/c1-4-7-8-9-10-18(15-19(25)24(5-2)6-3)26-17-13-11-16(12-14-17)20(21,22)23/h11-15H,4-10H2,1-3H3/b18-15+. The number of carbonyl (C=O) groups excluding carboxylic acids is 1. The van der Waals surface area contributed by atoms with E-state index in [4.69, 9.17) is 0 Å². The summed E-state index contributed by atoms with van der Waals surface area (Å²) < 4.78 is 38.1. The van der Waals surface area contributed by atoms with Crippen LogP contribution in [-0.2, 0) is 11.0 Å². The lowest BCUT2D eigenvalue weighted by Gasteiger charge is -2.17. The van der Waals surface area contributed by atoms with Gasteiger partial charge in [0.25, 0.3) is 0 Å². The van der Waals surface area contributed by atoms with Crippen LogP contribution >= 0.6 is 11.8 Å². The molecule has 2 nitrogen and oxygen atoms in total. The topological polar surface area (TPSA) is 20.3 Å². The average Bonchev–Trinajstić information content (AvgIpc) is 2.59. The Hall–Kier alpha value is -1.43. The maximum atomic E-state index is 12.7. The molecule has 0 unspecified atom stereocenters. The number of amides is 1. The van der Waals surface area contributed by atoms with Crippen molar-refractivity contribution in [2.24, 2.45) is 0 Å². The van der Waals surface area contributed by atoms with E-state index in [1.54, 1.807) is 11.0 Å². The van der Waals surface area contributed by atoms with Crippen LogP contribution in [0.25, 0.3) is 0 Å². The summed E-state index contributed by atoms with van der Waals surface area (Å²) in [5.41, 5.74) is -0.658. The van der Waals surface area contributed by atoms with Gasteiger partial charge < -0.3 is 4.90 Å². The normalized spacial score (nSPS) is 12.3. The summed E-state index contributed by atoms with van der Waals surface area (Å²) in [5, 5.41) is 0. The van der Waals surface area contributed by atoms with Crippen LogP contribution in [0.4, 0.5) is 13.2 Å². The maximum Gasteiger partial charge on any atom is 0.416 e. The molecule has 0 aliphatic heterocycles. The molecule has 1 amide bonds. The van der Waals surface area contributed by atoms with Crippen molar-refractivity contribution in [2.75, 3.05) is 13.1 Å². The van der Waals surface area contributed by atoms with Crippen LogP contribution in [0.5, 0.6) is 0 Å². The fraction of sp³-hybridized carbons (Fsp3) is 0.550. The van der Waals surface area contributed by atoms with Gasteiger partial charge in [0, 0.05) is 24.1 Å². The number of likely N-dealkylation sites (N-methyl/N-ethyl adjacent to an activating group) is 1. The van der Waals surface area contributed by atoms with E-state index >= 15 is 0 Å². The molecule has 0 aliphatic rings. The van der Waals surface area contributed by atoms with Gasteiger partial charge in [0.05, 0.1) is 5.56 Å². The molecule has 0 atom stereocenters. The van der Waals surface area contributed by atoms with Gasteiger partial charge in [0.2, 0.25) is 5.91 Å². The highest BCUT2D eigenvalue weighted by atomic mass is 32.2. The second kappa shape index (κ2) is 11.3. The molecule has 1 aromatic carbocycles. The summed E-state index contributed by atoms with van der Waals surface area (Å²) in [4.78, 5) is 15.7. The van der Waals surface area contributed by atoms with Gasteiger partial charge in [0.1, 0.15) is 0 Å². The van der Waals surface area contributed by atoms with Gasteiger partial charge in [-0.05, 0) is 55.9 Å². The number of rotatable bonds is 10. The van der Waals surface area contributed by atoms with Crippen molar-refractivity contribution < 1.29 is 18.0 Å². The number of unbranched alkanes of at least 4 members (excludes halogenated alkanes) is 3. The molecule has 0 N–H and O–H groups in total. The zero-order valence-electron chi connectivity index (χ0n) is 15.7. The fourth-order valence-electron chi connectivity index (χ4n) is 2.51. The van der Waals surface area contributed by atoms with Crippen LogP contribution < -0.4 is 0 Å². The number of hydrogen-bond acceptors (Lipinski definition) is 2. The van der Waals surface area contributed by atoms with Crippen molar-refractivity contribution in [1.29, 1.82) is 0 Å². The van der Waals surface area contributed by atoms with E-state index in [1.807, 2.05) is 13.8 Å². The van der Waals surface area contributed by atoms with Crippen molar-refractivity contribution >= 4 is 17.7 Å². The molecule has 0 aliphatic carbocycles. The molecule has 0 saturated heterocycles. The summed E-state index contributed by atoms with van der Waals surface area (Å²) in [6.45, 7) is 7.27. The fourth-order valence-corrected chi connectivity index (χ4v) is 3.49. The molecule has 0 fully saturated rings. The Morgan fingerprint density at radius 1 is 1.04 bits per heavy atom. The number of hydrogen-bond donors (Lipinski definition) is 0. The van der Waals surface area contributed by atoms with E-state index in [9.17, 15) is 18.0 Å². The minimum atomic E-state index is -4.33. The van der Waals surface area contributed by atoms with Gasteiger partial charge in [-0.25, -0.2) is 0 Å². The first kappa shape index (κ1) is 22.6. The Bertz CT molecular complexity index is 578. The minimum Gasteiger partial charge on any atom is -0.340 e. The Morgan fingerprint density at radius 2 is 1.65 bits per heavy atom. The van der Waals surface area contributed by atoms with Crippen LogP contribution in [0.1, 0.15) is 58.4 Å². The third-order valence-electron chi connectivity index (χ3n) is 4.07. The van der Waals surface area contributed by atoms with Gasteiger partial charge in [-0.3, -0.25) is 4.79 Å². The van der Waals surface area contributed by atoms with E-state index < -0.39 is 11.7 Å². The van der Waals surface area contributed by atoms with Gasteiger partial charge in [-0.15, -0.1) is 0 Å². The molecule has 1 rings (SSSR count). The van der Waals surface area contributed by atoms with Crippen LogP contribution in [0.3, 0.4) is 0 Å². The Labute approximate surface area is 158 Å². The second-order valence-electron chi connectivity index (χ2n) is 6.06. The molecular weight excluding hydrogens is 359 g/mol. The summed E-state index contributed by atoms with van der Waals surface area (Å²) in [6, 6.07) is 5.11. The van der Waals surface area contributed by atoms with Crippen LogP contribution in [0.15, 0.2) is 40.1 Å². The molecule has 146 valence electrons. The van der Waals surface area contributed by atoms with Crippen molar-refractivity contribution in [2.45, 2.75) is 63.9 Å². The zero-order chi connectivity index (χ0) is 19.6.